The summed E-state index contributed by atoms with van der Waals surface area (Å²) < 4.78 is 26.4. The second kappa shape index (κ2) is 6.14. The molecule has 1 rings (SSSR count). The summed E-state index contributed by atoms with van der Waals surface area (Å²) in [5.41, 5.74) is 0.946. The van der Waals surface area contributed by atoms with Crippen molar-refractivity contribution in [1.82, 2.24) is 9.62 Å². The molecule has 0 spiro atoms. The molecule has 1 N–H and O–H groups in total. The molecule has 1 aromatic carbocycles. The van der Waals surface area contributed by atoms with E-state index in [1.807, 2.05) is 32.0 Å². The lowest BCUT2D eigenvalue weighted by molar-refractivity contribution is 0.400. The minimum absolute atomic E-state index is 0.336. The van der Waals surface area contributed by atoms with Crippen LogP contribution in [0.1, 0.15) is 12.0 Å². The van der Waals surface area contributed by atoms with Gasteiger partial charge in [-0.1, -0.05) is 12.1 Å². The molecule has 96 valence electrons. The van der Waals surface area contributed by atoms with Crippen molar-refractivity contribution in [1.29, 1.82) is 0 Å². The van der Waals surface area contributed by atoms with Crippen molar-refractivity contribution in [3.63, 3.8) is 0 Å². The third-order valence-corrected chi connectivity index (χ3v) is 3.83. The van der Waals surface area contributed by atoms with Crippen molar-refractivity contribution >= 4 is 10.0 Å². The molecule has 0 fully saturated rings. The molecule has 0 saturated carbocycles. The standard InChI is InChI=1S/C12H20N2O2S/c1-11-6-4-7-12(10-11)17(15,16)13-8-5-9-14(2)3/h4,6-7,10,13H,5,8-9H2,1-3H3. The summed E-state index contributed by atoms with van der Waals surface area (Å²) in [4.78, 5) is 2.36. The lowest BCUT2D eigenvalue weighted by Gasteiger charge is -2.10. The van der Waals surface area contributed by atoms with Crippen molar-refractivity contribution < 1.29 is 8.42 Å². The van der Waals surface area contributed by atoms with E-state index in [1.54, 1.807) is 18.2 Å². The van der Waals surface area contributed by atoms with Crippen molar-refractivity contribution in [2.24, 2.45) is 0 Å². The minimum Gasteiger partial charge on any atom is -0.309 e. The molecule has 0 aromatic heterocycles. The van der Waals surface area contributed by atoms with Gasteiger partial charge in [0.15, 0.2) is 0 Å². The summed E-state index contributed by atoms with van der Waals surface area (Å²) in [7, 11) is 0.585. The number of nitrogens with zero attached hydrogens (tertiary/aromatic N) is 1. The molecule has 0 aliphatic heterocycles. The lowest BCUT2D eigenvalue weighted by Crippen LogP contribution is -2.27. The molecular weight excluding hydrogens is 236 g/mol. The Morgan fingerprint density at radius 1 is 1.29 bits per heavy atom. The Kier molecular flexibility index (Phi) is 5.11. The molecule has 0 saturated heterocycles. The number of aryl methyl sites for hydroxylation is 1. The Labute approximate surface area is 104 Å². The first kappa shape index (κ1) is 14.2. The van der Waals surface area contributed by atoms with Crippen LogP contribution in [0.2, 0.25) is 0 Å². The number of nitrogens with one attached hydrogen (secondary N) is 1. The molecule has 0 aliphatic rings. The first-order valence-corrected chi connectivity index (χ1v) is 7.11. The van der Waals surface area contributed by atoms with Crippen LogP contribution in [-0.4, -0.2) is 40.5 Å². The quantitative estimate of drug-likeness (QED) is 0.779. The van der Waals surface area contributed by atoms with E-state index >= 15 is 0 Å². The van der Waals surface area contributed by atoms with Gasteiger partial charge in [-0.3, -0.25) is 0 Å². The normalized spacial score (nSPS) is 12.0. The summed E-state index contributed by atoms with van der Waals surface area (Å²) in [6.45, 7) is 3.22. The zero-order valence-corrected chi connectivity index (χ0v) is 11.4. The molecule has 0 unspecified atom stereocenters. The molecule has 0 atom stereocenters. The van der Waals surface area contributed by atoms with Crippen molar-refractivity contribution in [3.8, 4) is 0 Å². The van der Waals surface area contributed by atoms with E-state index in [-0.39, 0.29) is 0 Å². The summed E-state index contributed by atoms with van der Waals surface area (Å²) in [5, 5.41) is 0. The first-order chi connectivity index (χ1) is 7.92. The summed E-state index contributed by atoms with van der Waals surface area (Å²) in [6, 6.07) is 6.92. The Morgan fingerprint density at radius 3 is 2.59 bits per heavy atom. The van der Waals surface area contributed by atoms with E-state index in [0.29, 0.717) is 11.4 Å². The van der Waals surface area contributed by atoms with Gasteiger partial charge in [-0.2, -0.15) is 0 Å². The largest absolute Gasteiger partial charge is 0.309 e. The van der Waals surface area contributed by atoms with E-state index in [4.69, 9.17) is 0 Å². The predicted molar refractivity (Wildman–Crippen MR) is 69.5 cm³/mol. The highest BCUT2D eigenvalue weighted by Crippen LogP contribution is 2.10. The lowest BCUT2D eigenvalue weighted by atomic mass is 10.2. The van der Waals surface area contributed by atoms with Gasteiger partial charge in [0.05, 0.1) is 4.90 Å². The molecule has 17 heavy (non-hydrogen) atoms. The fourth-order valence-electron chi connectivity index (χ4n) is 1.47. The highest BCUT2D eigenvalue weighted by atomic mass is 32.2. The van der Waals surface area contributed by atoms with E-state index in [2.05, 4.69) is 4.72 Å². The zero-order chi connectivity index (χ0) is 12.9. The van der Waals surface area contributed by atoms with Crippen molar-refractivity contribution in [2.75, 3.05) is 27.2 Å². The third kappa shape index (κ3) is 4.85. The van der Waals surface area contributed by atoms with Gasteiger partial charge < -0.3 is 4.90 Å². The number of sulfonamides is 1. The molecule has 0 aliphatic carbocycles. The van der Waals surface area contributed by atoms with Crippen LogP contribution in [0.15, 0.2) is 29.2 Å². The van der Waals surface area contributed by atoms with Gasteiger partial charge in [0.25, 0.3) is 0 Å². The molecule has 5 heteroatoms. The van der Waals surface area contributed by atoms with Gasteiger partial charge in [0.2, 0.25) is 10.0 Å². The van der Waals surface area contributed by atoms with Gasteiger partial charge in [0.1, 0.15) is 0 Å². The highest BCUT2D eigenvalue weighted by Gasteiger charge is 2.12. The fraction of sp³-hybridized carbons (Fsp3) is 0.500. The van der Waals surface area contributed by atoms with Crippen LogP contribution in [0.25, 0.3) is 0 Å². The van der Waals surface area contributed by atoms with Crippen molar-refractivity contribution in [3.05, 3.63) is 29.8 Å². The van der Waals surface area contributed by atoms with Gasteiger partial charge >= 0.3 is 0 Å². The molecular formula is C12H20N2O2S. The number of hydrogen-bond donors (Lipinski definition) is 1. The maximum absolute atomic E-state index is 11.9. The first-order valence-electron chi connectivity index (χ1n) is 5.63. The average Bonchev–Trinajstić information content (AvgIpc) is 2.24. The van der Waals surface area contributed by atoms with Crippen LogP contribution in [0.5, 0.6) is 0 Å². The minimum atomic E-state index is -3.35. The Morgan fingerprint density at radius 2 is 2.00 bits per heavy atom. The molecule has 0 bridgehead atoms. The topological polar surface area (TPSA) is 49.4 Å². The van der Waals surface area contributed by atoms with Crippen LogP contribution in [0, 0.1) is 6.92 Å². The fourth-order valence-corrected chi connectivity index (χ4v) is 2.65. The second-order valence-corrected chi connectivity index (χ2v) is 6.14. The summed E-state index contributed by atoms with van der Waals surface area (Å²) >= 11 is 0. The van der Waals surface area contributed by atoms with E-state index in [9.17, 15) is 8.42 Å². The number of benzene rings is 1. The van der Waals surface area contributed by atoms with Crippen LogP contribution in [-0.2, 0) is 10.0 Å². The molecule has 0 radical (unpaired) electrons. The van der Waals surface area contributed by atoms with Gasteiger partial charge in [-0.25, -0.2) is 13.1 Å². The summed E-state index contributed by atoms with van der Waals surface area (Å²) in [6.07, 6.45) is 0.804. The Hall–Kier alpha value is -0.910. The molecule has 0 amide bonds. The van der Waals surface area contributed by atoms with Gasteiger partial charge in [-0.15, -0.1) is 0 Å². The van der Waals surface area contributed by atoms with Crippen LogP contribution < -0.4 is 4.72 Å². The smallest absolute Gasteiger partial charge is 0.240 e. The van der Waals surface area contributed by atoms with Gasteiger partial charge in [-0.05, 0) is 51.7 Å². The van der Waals surface area contributed by atoms with Gasteiger partial charge in [0, 0.05) is 6.54 Å². The average molecular weight is 256 g/mol. The predicted octanol–water partition coefficient (Wildman–Crippen LogP) is 1.23. The van der Waals surface area contributed by atoms with Crippen LogP contribution in [0.4, 0.5) is 0 Å². The Balaban J connectivity index is 2.57. The summed E-state index contributed by atoms with van der Waals surface area (Å²) in [5.74, 6) is 0. The highest BCUT2D eigenvalue weighted by molar-refractivity contribution is 7.89. The van der Waals surface area contributed by atoms with E-state index < -0.39 is 10.0 Å². The zero-order valence-electron chi connectivity index (χ0n) is 10.6. The van der Waals surface area contributed by atoms with Crippen LogP contribution >= 0.6 is 0 Å². The van der Waals surface area contributed by atoms with E-state index in [0.717, 1.165) is 18.5 Å². The van der Waals surface area contributed by atoms with Crippen molar-refractivity contribution in [2.45, 2.75) is 18.2 Å². The molecule has 1 aromatic rings. The number of hydrogen-bond acceptors (Lipinski definition) is 3. The monoisotopic (exact) mass is 256 g/mol. The maximum atomic E-state index is 11.9. The van der Waals surface area contributed by atoms with E-state index in [1.165, 1.54) is 0 Å². The molecule has 0 heterocycles. The Bertz CT molecular complexity index is 455. The molecule has 4 nitrogen and oxygen atoms in total. The second-order valence-electron chi connectivity index (χ2n) is 4.37. The van der Waals surface area contributed by atoms with Crippen LogP contribution in [0.3, 0.4) is 0 Å². The third-order valence-electron chi connectivity index (χ3n) is 2.37. The maximum Gasteiger partial charge on any atom is 0.240 e. The SMILES string of the molecule is Cc1cccc(S(=O)(=O)NCCCN(C)C)c1. The number of rotatable bonds is 6.